The first-order chi connectivity index (χ1) is 4.73. The van der Waals surface area contributed by atoms with Gasteiger partial charge in [-0.3, -0.25) is 0 Å². The van der Waals surface area contributed by atoms with E-state index in [0.29, 0.717) is 0 Å². The molecule has 0 bridgehead atoms. The Morgan fingerprint density at radius 1 is 1.30 bits per heavy atom. The third-order valence-electron chi connectivity index (χ3n) is 1.21. The number of hydrogen-bond donors (Lipinski definition) is 3. The minimum absolute atomic E-state index is 0.750. The molecule has 1 heterocycles. The molecule has 0 unspecified atom stereocenters. The van der Waals surface area contributed by atoms with E-state index in [-0.39, 0.29) is 0 Å². The largest absolute Gasteiger partial charge is 0.352 e. The third-order valence-corrected chi connectivity index (χ3v) is 1.21. The van der Waals surface area contributed by atoms with Crippen molar-refractivity contribution in [2.45, 2.75) is 19.3 Å². The van der Waals surface area contributed by atoms with Crippen molar-refractivity contribution in [3.8, 4) is 0 Å². The lowest BCUT2D eigenvalue weighted by molar-refractivity contribution is -0.801. The highest BCUT2D eigenvalue weighted by molar-refractivity contribution is 4.55. The van der Waals surface area contributed by atoms with Crippen LogP contribution in [0.2, 0.25) is 0 Å². The fraction of sp³-hybridized carbons (Fsp3) is 1.00. The topological polar surface area (TPSA) is 78.4 Å². The number of nitrogens with one attached hydrogen (secondary N) is 1. The van der Waals surface area contributed by atoms with E-state index in [4.69, 9.17) is 10.1 Å². The van der Waals surface area contributed by atoms with Gasteiger partial charge in [-0.2, -0.15) is 0 Å². The normalized spacial score (nSPS) is 16.8. The molecule has 0 aromatic rings. The third kappa shape index (κ3) is 10.2. The molecule has 10 heavy (non-hydrogen) atoms. The molecule has 0 aromatic carbocycles. The van der Waals surface area contributed by atoms with Gasteiger partial charge in [0.25, 0.3) is 0 Å². The van der Waals surface area contributed by atoms with Gasteiger partial charge in [-0.25, -0.2) is 5.21 Å². The van der Waals surface area contributed by atoms with Gasteiger partial charge in [0.05, 0.1) is 0 Å². The Bertz CT molecular complexity index is 77.4. The summed E-state index contributed by atoms with van der Waals surface area (Å²) in [4.78, 5) is 8.69. The van der Waals surface area contributed by atoms with Crippen molar-refractivity contribution in [2.24, 2.45) is 5.84 Å². The van der Waals surface area contributed by atoms with Crippen molar-refractivity contribution >= 4 is 0 Å². The first-order valence-electron chi connectivity index (χ1n) is 3.35. The van der Waals surface area contributed by atoms with Crippen LogP contribution < -0.4 is 11.2 Å². The van der Waals surface area contributed by atoms with Gasteiger partial charge in [-0.1, -0.05) is 6.42 Å². The zero-order valence-corrected chi connectivity index (χ0v) is 5.92. The van der Waals surface area contributed by atoms with Crippen LogP contribution in [0.25, 0.3) is 0 Å². The zero-order chi connectivity index (χ0) is 7.82. The molecule has 0 amide bonds. The monoisotopic (exact) mass is 148 g/mol. The van der Waals surface area contributed by atoms with E-state index in [1.54, 1.807) is 0 Å². The van der Waals surface area contributed by atoms with Crippen LogP contribution >= 0.6 is 0 Å². The molecule has 5 nitrogen and oxygen atoms in total. The van der Waals surface area contributed by atoms with Gasteiger partial charge in [0.15, 0.2) is 0 Å². The van der Waals surface area contributed by atoms with Gasteiger partial charge >= 0.3 is 5.03 Å². The van der Waals surface area contributed by atoms with Gasteiger partial charge in [0.1, 0.15) is 4.91 Å². The standard InChI is InChI=1S/C5H11N.H3N2O2/c1-2-4-6-5-3-1;1-2(3)4/h6H,1-5H2;1H2,(H,3,4)/q;+1. The average molecular weight is 148 g/mol. The number of piperidine rings is 1. The molecule has 4 N–H and O–H groups in total. The fourth-order valence-corrected chi connectivity index (χ4v) is 0.802. The van der Waals surface area contributed by atoms with Gasteiger partial charge in [0, 0.05) is 0 Å². The molecule has 60 valence electrons. The number of rotatable bonds is 0. The van der Waals surface area contributed by atoms with Crippen LogP contribution in [0.1, 0.15) is 19.3 Å². The summed E-state index contributed by atoms with van der Waals surface area (Å²) in [6, 6.07) is 0. The highest BCUT2D eigenvalue weighted by Gasteiger charge is 1.93. The Hall–Kier alpha value is -0.840. The van der Waals surface area contributed by atoms with Crippen molar-refractivity contribution in [2.75, 3.05) is 13.1 Å². The van der Waals surface area contributed by atoms with Crippen LogP contribution in [0, 0.1) is 4.91 Å². The highest BCUT2D eigenvalue weighted by Crippen LogP contribution is 1.96. The summed E-state index contributed by atoms with van der Waals surface area (Å²) in [6.45, 7) is 2.50. The molecule has 1 rings (SSSR count). The predicted molar refractivity (Wildman–Crippen MR) is 36.3 cm³/mol. The first-order valence-corrected chi connectivity index (χ1v) is 3.35. The fourth-order valence-electron chi connectivity index (χ4n) is 0.802. The Morgan fingerprint density at radius 2 is 1.70 bits per heavy atom. The minimum Gasteiger partial charge on any atom is -0.317 e. The van der Waals surface area contributed by atoms with Crippen LogP contribution in [0.3, 0.4) is 0 Å². The molecule has 5 heteroatoms. The quantitative estimate of drug-likeness (QED) is 0.328. The second-order valence-corrected chi connectivity index (χ2v) is 2.11. The molecular weight excluding hydrogens is 134 g/mol. The van der Waals surface area contributed by atoms with Crippen LogP contribution in [0.4, 0.5) is 0 Å². The van der Waals surface area contributed by atoms with Crippen molar-refractivity contribution < 1.29 is 10.2 Å². The van der Waals surface area contributed by atoms with Crippen LogP contribution in [0.15, 0.2) is 0 Å². The Morgan fingerprint density at radius 3 is 1.80 bits per heavy atom. The van der Waals surface area contributed by atoms with E-state index in [9.17, 15) is 0 Å². The molecule has 0 aromatic heterocycles. The van der Waals surface area contributed by atoms with E-state index in [0.717, 1.165) is 0 Å². The molecule has 0 saturated carbocycles. The number of nitrogens with zero attached hydrogens (tertiary/aromatic N) is 1. The highest BCUT2D eigenvalue weighted by atomic mass is 16.7. The van der Waals surface area contributed by atoms with Crippen LogP contribution in [0.5, 0.6) is 0 Å². The maximum Gasteiger partial charge on any atom is 0.352 e. The van der Waals surface area contributed by atoms with Crippen LogP contribution in [-0.4, -0.2) is 23.3 Å². The lowest BCUT2D eigenvalue weighted by atomic mass is 10.2. The Labute approximate surface area is 59.7 Å². The SMILES string of the molecule is C1CCNCC1.N[N+](=O)O. The second-order valence-electron chi connectivity index (χ2n) is 2.11. The summed E-state index contributed by atoms with van der Waals surface area (Å²) in [5.41, 5.74) is 0. The summed E-state index contributed by atoms with van der Waals surface area (Å²) in [5, 5.41) is 9.65. The molecule has 0 atom stereocenters. The van der Waals surface area contributed by atoms with E-state index in [1.807, 2.05) is 0 Å². The Kier molecular flexibility index (Phi) is 5.75. The molecule has 0 aliphatic carbocycles. The zero-order valence-electron chi connectivity index (χ0n) is 5.92. The van der Waals surface area contributed by atoms with E-state index in [1.165, 1.54) is 32.4 Å². The summed E-state index contributed by atoms with van der Waals surface area (Å²) in [6.07, 6.45) is 4.22. The maximum absolute atomic E-state index is 8.69. The average Bonchev–Trinajstić information content (AvgIpc) is 1.90. The lowest BCUT2D eigenvalue weighted by Crippen LogP contribution is -2.21. The van der Waals surface area contributed by atoms with Crippen molar-refractivity contribution in [1.29, 1.82) is 0 Å². The first kappa shape index (κ1) is 9.16. The summed E-state index contributed by atoms with van der Waals surface area (Å²) in [7, 11) is 0. The van der Waals surface area contributed by atoms with Gasteiger partial charge < -0.3 is 5.32 Å². The van der Waals surface area contributed by atoms with Gasteiger partial charge in [-0.15, -0.1) is 5.84 Å². The number of nitrogens with two attached hydrogens (primary N) is 1. The molecule has 1 aliphatic heterocycles. The van der Waals surface area contributed by atoms with Crippen molar-refractivity contribution in [3.05, 3.63) is 4.91 Å². The second kappa shape index (κ2) is 6.28. The predicted octanol–water partition coefficient (Wildman–Crippen LogP) is -0.212. The Balaban J connectivity index is 0.000000180. The van der Waals surface area contributed by atoms with E-state index >= 15 is 0 Å². The molecule has 0 radical (unpaired) electrons. The number of hydrazine groups is 1. The minimum atomic E-state index is -0.750. The molecule has 1 saturated heterocycles. The summed E-state index contributed by atoms with van der Waals surface area (Å²) >= 11 is 0. The molecule has 1 aliphatic rings. The van der Waals surface area contributed by atoms with Crippen molar-refractivity contribution in [1.82, 2.24) is 5.32 Å². The lowest BCUT2D eigenvalue weighted by Gasteiger charge is -2.08. The molecule has 1 fully saturated rings. The van der Waals surface area contributed by atoms with Gasteiger partial charge in [-0.05, 0) is 25.9 Å². The maximum atomic E-state index is 8.69. The van der Waals surface area contributed by atoms with E-state index < -0.39 is 5.03 Å². The summed E-state index contributed by atoms with van der Waals surface area (Å²) < 4.78 is 0. The summed E-state index contributed by atoms with van der Waals surface area (Å²) in [5.74, 6) is 3.94. The van der Waals surface area contributed by atoms with Gasteiger partial charge in [0.2, 0.25) is 0 Å². The smallest absolute Gasteiger partial charge is 0.317 e. The molecular formula is C5H14N3O2+. The van der Waals surface area contributed by atoms with Crippen molar-refractivity contribution in [3.63, 3.8) is 0 Å². The van der Waals surface area contributed by atoms with Crippen LogP contribution in [-0.2, 0) is 0 Å². The van der Waals surface area contributed by atoms with E-state index in [2.05, 4.69) is 11.2 Å². The molecule has 0 spiro atoms. The number of hydrogen-bond acceptors (Lipinski definition) is 2.